The predicted octanol–water partition coefficient (Wildman–Crippen LogP) is 5.49. The van der Waals surface area contributed by atoms with Gasteiger partial charge in [-0.05, 0) is 84.2 Å². The molecule has 0 radical (unpaired) electrons. The van der Waals surface area contributed by atoms with Crippen molar-refractivity contribution in [2.75, 3.05) is 53.4 Å². The van der Waals surface area contributed by atoms with E-state index in [9.17, 15) is 25.3 Å². The van der Waals surface area contributed by atoms with Gasteiger partial charge in [0.2, 0.25) is 35.5 Å². The average molecular weight is 960 g/mol. The minimum Gasteiger partial charge on any atom is -0.444 e. The van der Waals surface area contributed by atoms with E-state index in [1.54, 1.807) is 12.1 Å². The topological polar surface area (TPSA) is 387 Å². The highest BCUT2D eigenvalue weighted by molar-refractivity contribution is 7.89. The summed E-state index contributed by atoms with van der Waals surface area (Å²) < 4.78 is 65.4. The maximum atomic E-state index is 11.3. The quantitative estimate of drug-likeness (QED) is 0.0313. The van der Waals surface area contributed by atoms with Crippen molar-refractivity contribution in [1.29, 1.82) is 5.39 Å². The molecule has 0 aliphatic rings. The molecule has 66 heavy (non-hydrogen) atoms. The number of fused-ring (bicyclic) bond motifs is 2. The molecule has 7 rings (SSSR count). The van der Waals surface area contributed by atoms with E-state index in [0.717, 1.165) is 39.7 Å². The number of hydrazine groups is 1. The first-order chi connectivity index (χ1) is 31.4. The third-order valence-electron chi connectivity index (χ3n) is 8.65. The molecule has 0 atom stereocenters. The van der Waals surface area contributed by atoms with Crippen molar-refractivity contribution in [2.24, 2.45) is 32.2 Å². The third-order valence-corrected chi connectivity index (χ3v) is 11.4. The van der Waals surface area contributed by atoms with Crippen LogP contribution in [0.3, 0.4) is 0 Å². The summed E-state index contributed by atoms with van der Waals surface area (Å²) in [5, 5.41) is 43.3. The Bertz CT molecular complexity index is 3030. The third kappa shape index (κ3) is 17.2. The molecular formula is C42H49N13O8S3. The molecule has 0 fully saturated rings. The number of sulfonamides is 3. The lowest BCUT2D eigenvalue weighted by Crippen LogP contribution is -2.14. The number of rotatable bonds is 12. The maximum absolute atomic E-state index is 11.3. The molecule has 0 spiro atoms. The highest BCUT2D eigenvalue weighted by Gasteiger charge is 2.11. The van der Waals surface area contributed by atoms with Crippen LogP contribution in [0, 0.1) is 15.5 Å². The molecule has 0 bridgehead atoms. The van der Waals surface area contributed by atoms with E-state index in [2.05, 4.69) is 68.9 Å². The predicted molar refractivity (Wildman–Crippen MR) is 262 cm³/mol. The van der Waals surface area contributed by atoms with Crippen molar-refractivity contribution >= 4 is 85.7 Å². The van der Waals surface area contributed by atoms with Crippen LogP contribution in [0.1, 0.15) is 0 Å². The summed E-state index contributed by atoms with van der Waals surface area (Å²) in [6.07, 6.45) is 0. The molecule has 24 heteroatoms. The van der Waals surface area contributed by atoms with Crippen molar-refractivity contribution in [2.45, 2.75) is 14.7 Å². The normalized spacial score (nSPS) is 10.7. The summed E-state index contributed by atoms with van der Waals surface area (Å²) in [6.45, 7) is 2.73. The highest BCUT2D eigenvalue weighted by atomic mass is 32.2. The number of hydrogen-bond donors (Lipinski definition) is 10. The van der Waals surface area contributed by atoms with E-state index in [0.29, 0.717) is 31.0 Å². The molecule has 0 aliphatic carbocycles. The summed E-state index contributed by atoms with van der Waals surface area (Å²) in [5.74, 6) is 0. The lowest BCUT2D eigenvalue weighted by molar-refractivity contribution is 0.596. The van der Waals surface area contributed by atoms with Gasteiger partial charge in [0.05, 0.1) is 26.1 Å². The van der Waals surface area contributed by atoms with E-state index >= 15 is 0 Å². The Hall–Kier alpha value is -7.47. The van der Waals surface area contributed by atoms with Crippen molar-refractivity contribution in [1.82, 2.24) is 0 Å². The van der Waals surface area contributed by atoms with E-state index in [1.165, 1.54) is 71.4 Å². The van der Waals surface area contributed by atoms with E-state index in [1.807, 2.05) is 36.4 Å². The Morgan fingerprint density at radius 2 is 0.909 bits per heavy atom. The second kappa shape index (κ2) is 25.7. The zero-order chi connectivity index (χ0) is 48.8. The van der Waals surface area contributed by atoms with Crippen LogP contribution >= 0.6 is 0 Å². The fourth-order valence-electron chi connectivity index (χ4n) is 5.58. The molecule has 16 N–H and O–H groups in total. The Balaban J connectivity index is 0.000000245. The molecular weight excluding hydrogens is 911 g/mol. The Labute approximate surface area is 381 Å². The summed E-state index contributed by atoms with van der Waals surface area (Å²) in [6, 6.07) is 43.7. The number of diazo groups is 1. The Morgan fingerprint density at radius 3 is 1.38 bits per heavy atom. The van der Waals surface area contributed by atoms with Gasteiger partial charge < -0.3 is 48.8 Å². The Kier molecular flexibility index (Phi) is 20.6. The lowest BCUT2D eigenvalue weighted by Gasteiger charge is -2.15. The number of nitrogens with one attached hydrogen (secondary N) is 4. The fraction of sp³-hybridized carbons (Fsp3) is 0.0952. The molecule has 7 aromatic carbocycles. The van der Waals surface area contributed by atoms with Gasteiger partial charge in [-0.3, -0.25) is 0 Å². The minimum absolute atomic E-state index is 0.00472. The largest absolute Gasteiger partial charge is 0.444 e. The van der Waals surface area contributed by atoms with E-state index in [-0.39, 0.29) is 20.4 Å². The summed E-state index contributed by atoms with van der Waals surface area (Å²) >= 11 is 0. The van der Waals surface area contributed by atoms with Gasteiger partial charge in [0, 0.05) is 71.5 Å². The fourth-order valence-corrected chi connectivity index (χ4v) is 7.13. The number of nitrogens with zero attached hydrogens (tertiary/aromatic N) is 3. The second-order valence-corrected chi connectivity index (χ2v) is 18.0. The summed E-state index contributed by atoms with van der Waals surface area (Å²) in [5.41, 5.74) is 27.2. The van der Waals surface area contributed by atoms with Crippen LogP contribution in [-0.4, -0.2) is 51.4 Å². The number of hydrogen-bond acceptors (Lipinski definition) is 17. The van der Waals surface area contributed by atoms with Gasteiger partial charge >= 0.3 is 5.69 Å². The van der Waals surface area contributed by atoms with Gasteiger partial charge in [-0.1, -0.05) is 60.7 Å². The summed E-state index contributed by atoms with van der Waals surface area (Å²) in [7, 11) is -10.9. The van der Waals surface area contributed by atoms with E-state index in [4.69, 9.17) is 48.1 Å². The van der Waals surface area contributed by atoms with Crippen molar-refractivity contribution in [3.63, 3.8) is 0 Å². The SMILES string of the molecule is N#[N+]c1ccc(S(N)(=O)=O)cc1.NCCNc1ccc(NNc2ccc(S(N)(=O)=O)cc2)c2ccccc12.NCCNc1cccc2ccccc12.Nc1ccc(S(N)(=O)=O)cc1.O=N[O-]. The summed E-state index contributed by atoms with van der Waals surface area (Å²) in [4.78, 5) is 11.0. The molecule has 0 saturated carbocycles. The van der Waals surface area contributed by atoms with Gasteiger partial charge in [0.15, 0.2) is 4.98 Å². The van der Waals surface area contributed by atoms with Crippen LogP contribution in [0.25, 0.3) is 26.5 Å². The first-order valence-corrected chi connectivity index (χ1v) is 23.8. The molecule has 0 saturated heterocycles. The Morgan fingerprint density at radius 1 is 0.515 bits per heavy atom. The van der Waals surface area contributed by atoms with E-state index < -0.39 is 30.1 Å². The number of benzene rings is 7. The van der Waals surface area contributed by atoms with Gasteiger partial charge in [-0.2, -0.15) is 0 Å². The molecule has 0 amide bonds. The van der Waals surface area contributed by atoms with Crippen LogP contribution in [0.2, 0.25) is 0 Å². The second-order valence-electron chi connectivity index (χ2n) is 13.3. The molecule has 21 nitrogen and oxygen atoms in total. The van der Waals surface area contributed by atoms with Gasteiger partial charge in [-0.25, -0.2) is 40.7 Å². The average Bonchev–Trinajstić information content (AvgIpc) is 3.30. The first-order valence-electron chi connectivity index (χ1n) is 19.2. The molecule has 0 heterocycles. The molecule has 0 aliphatic heterocycles. The van der Waals surface area contributed by atoms with Crippen molar-refractivity contribution in [3.8, 4) is 0 Å². The van der Waals surface area contributed by atoms with Crippen LogP contribution in [0.5, 0.6) is 0 Å². The van der Waals surface area contributed by atoms with Crippen LogP contribution in [-0.2, 0) is 30.1 Å². The number of anilines is 5. The smallest absolute Gasteiger partial charge is 0.385 e. The number of nitrogen functional groups attached to an aromatic ring is 1. The number of primary sulfonamides is 3. The van der Waals surface area contributed by atoms with Gasteiger partial charge in [0.1, 0.15) is 0 Å². The first kappa shape index (κ1) is 52.9. The van der Waals surface area contributed by atoms with Crippen LogP contribution in [0.4, 0.5) is 34.1 Å². The van der Waals surface area contributed by atoms with Gasteiger partial charge in [0.25, 0.3) is 0 Å². The molecule has 0 unspecified atom stereocenters. The molecule has 7 aromatic rings. The zero-order valence-corrected chi connectivity index (χ0v) is 37.5. The standard InChI is InChI=1S/C18H21N5O2S.C12H14N2.C6H6N3O2S.C6H8N2O2S.HNO2/c19-11-12-21-17-9-10-18(16-4-2-1-3-15(16)17)23-22-13-5-7-14(8-6-13)26(20,24)25;13-8-9-14-12-7-3-5-10-4-1-2-6-11(10)12;7-9-5-1-3-6(4-2-5)12(8,10)11;7-5-1-3-6(4-2-5)11(8,9)10;2-1-3/h1-10,21-23H,11-12,19H2,(H2,20,24,25);1-7,14H,8-9,13H2;1-4H,(H2,8,10,11);1-4H,7H2,(H2,8,9,10);(H,2,3)/q;;+1;;/p-1. The lowest BCUT2D eigenvalue weighted by atomic mass is 10.1. The number of nitrogens with two attached hydrogens (primary N) is 6. The zero-order valence-electron chi connectivity index (χ0n) is 35.1. The van der Waals surface area contributed by atoms with Crippen molar-refractivity contribution < 1.29 is 25.3 Å². The highest BCUT2D eigenvalue weighted by Crippen LogP contribution is 2.30. The minimum atomic E-state index is -3.69. The maximum Gasteiger partial charge on any atom is 0.385 e. The van der Waals surface area contributed by atoms with Crippen LogP contribution < -0.4 is 54.1 Å². The van der Waals surface area contributed by atoms with Crippen LogP contribution in [0.15, 0.2) is 172 Å². The molecule has 0 aromatic heterocycles. The monoisotopic (exact) mass is 959 g/mol. The van der Waals surface area contributed by atoms with Gasteiger partial charge in [-0.15, -0.1) is 5.34 Å². The molecule has 348 valence electrons. The van der Waals surface area contributed by atoms with Crippen molar-refractivity contribution in [3.05, 3.63) is 167 Å².